The molecule has 30 heavy (non-hydrogen) atoms. The Bertz CT molecular complexity index is 1140. The van der Waals surface area contributed by atoms with Gasteiger partial charge in [-0.3, -0.25) is 9.69 Å². The fraction of sp³-hybridized carbons (Fsp3) is 0.167. The molecule has 0 spiro atoms. The molecule has 0 N–H and O–H groups in total. The number of carbonyl (C=O) groups excluding carboxylic acids is 1. The number of fused-ring (bicyclic) bond motifs is 1. The molecule has 1 heterocycles. The number of ether oxygens (including phenoxy) is 1. The van der Waals surface area contributed by atoms with Crippen molar-refractivity contribution in [3.05, 3.63) is 83.9 Å². The summed E-state index contributed by atoms with van der Waals surface area (Å²) in [6, 6.07) is 24.0. The quantitative estimate of drug-likeness (QED) is 0.338. The van der Waals surface area contributed by atoms with Crippen molar-refractivity contribution in [1.82, 2.24) is 4.98 Å². The average molecular weight is 435 g/mol. The Balaban J connectivity index is 1.57. The Hall–Kier alpha value is -2.83. The molecule has 0 atom stereocenters. The van der Waals surface area contributed by atoms with Gasteiger partial charge in [0.05, 0.1) is 29.6 Å². The SMILES string of the molecule is COc1ccc(SCC(=O)N(Cc2ccccc2)c2nc3ccc(C)cc3s2)cc1. The van der Waals surface area contributed by atoms with Gasteiger partial charge in [-0.2, -0.15) is 0 Å². The van der Waals surface area contributed by atoms with Crippen LogP contribution in [0.3, 0.4) is 0 Å². The minimum atomic E-state index is 0.0375. The van der Waals surface area contributed by atoms with Gasteiger partial charge in [-0.1, -0.05) is 47.7 Å². The Labute approximate surface area is 184 Å². The van der Waals surface area contributed by atoms with Crippen molar-refractivity contribution in [2.45, 2.75) is 18.4 Å². The lowest BCUT2D eigenvalue weighted by Gasteiger charge is -2.20. The lowest BCUT2D eigenvalue weighted by molar-refractivity contribution is -0.116. The van der Waals surface area contributed by atoms with Crippen LogP contribution >= 0.6 is 23.1 Å². The third kappa shape index (κ3) is 4.83. The summed E-state index contributed by atoms with van der Waals surface area (Å²) in [5.74, 6) is 1.19. The van der Waals surface area contributed by atoms with Crippen molar-refractivity contribution in [3.63, 3.8) is 0 Å². The van der Waals surface area contributed by atoms with Crippen LogP contribution in [-0.2, 0) is 11.3 Å². The predicted octanol–water partition coefficient (Wildman–Crippen LogP) is 5.94. The van der Waals surface area contributed by atoms with E-state index < -0.39 is 0 Å². The molecule has 152 valence electrons. The fourth-order valence-corrected chi connectivity index (χ4v) is 4.91. The van der Waals surface area contributed by atoms with E-state index in [1.807, 2.05) is 60.7 Å². The molecule has 4 rings (SSSR count). The molecule has 3 aromatic carbocycles. The second kappa shape index (κ2) is 9.32. The number of aromatic nitrogens is 1. The zero-order valence-electron chi connectivity index (χ0n) is 16.9. The van der Waals surface area contributed by atoms with Crippen molar-refractivity contribution in [1.29, 1.82) is 0 Å². The van der Waals surface area contributed by atoms with E-state index >= 15 is 0 Å². The maximum absolute atomic E-state index is 13.2. The summed E-state index contributed by atoms with van der Waals surface area (Å²) in [5.41, 5.74) is 3.19. The number of benzene rings is 3. The van der Waals surface area contributed by atoms with Crippen LogP contribution in [0.2, 0.25) is 0 Å². The molecule has 0 unspecified atom stereocenters. The van der Waals surface area contributed by atoms with Crippen LogP contribution < -0.4 is 9.64 Å². The molecule has 4 aromatic rings. The number of rotatable bonds is 7. The van der Waals surface area contributed by atoms with Crippen molar-refractivity contribution >= 4 is 44.4 Å². The van der Waals surface area contributed by atoms with E-state index in [1.165, 1.54) is 17.3 Å². The zero-order valence-corrected chi connectivity index (χ0v) is 18.5. The van der Waals surface area contributed by atoms with Crippen LogP contribution in [-0.4, -0.2) is 23.8 Å². The first-order valence-electron chi connectivity index (χ1n) is 9.61. The molecule has 0 aliphatic rings. The van der Waals surface area contributed by atoms with Crippen LogP contribution in [0.15, 0.2) is 77.7 Å². The summed E-state index contributed by atoms with van der Waals surface area (Å²) >= 11 is 3.08. The molecule has 1 amide bonds. The number of hydrogen-bond acceptors (Lipinski definition) is 5. The number of methoxy groups -OCH3 is 1. The Morgan fingerprint density at radius 1 is 1.07 bits per heavy atom. The molecule has 1 aromatic heterocycles. The monoisotopic (exact) mass is 434 g/mol. The van der Waals surface area contributed by atoms with Gasteiger partial charge < -0.3 is 4.74 Å². The van der Waals surface area contributed by atoms with Gasteiger partial charge in [0.25, 0.3) is 0 Å². The summed E-state index contributed by atoms with van der Waals surface area (Å²) in [7, 11) is 1.65. The number of aryl methyl sites for hydroxylation is 1. The highest BCUT2D eigenvalue weighted by Crippen LogP contribution is 2.31. The number of amides is 1. The Morgan fingerprint density at radius 3 is 2.57 bits per heavy atom. The summed E-state index contributed by atoms with van der Waals surface area (Å²) in [6.07, 6.45) is 0. The molecule has 4 nitrogen and oxygen atoms in total. The van der Waals surface area contributed by atoms with E-state index in [-0.39, 0.29) is 5.91 Å². The molecule has 6 heteroatoms. The standard InChI is InChI=1S/C24H22N2O2S2/c1-17-8-13-21-22(14-17)30-24(25-21)26(15-18-6-4-3-5-7-18)23(27)16-29-20-11-9-19(28-2)10-12-20/h3-14H,15-16H2,1-2H3. The van der Waals surface area contributed by atoms with Crippen molar-refractivity contribution in [3.8, 4) is 5.75 Å². The predicted molar refractivity (Wildman–Crippen MR) is 126 cm³/mol. The van der Waals surface area contributed by atoms with E-state index in [2.05, 4.69) is 19.1 Å². The van der Waals surface area contributed by atoms with Gasteiger partial charge in [0.15, 0.2) is 5.13 Å². The van der Waals surface area contributed by atoms with Crippen molar-refractivity contribution < 1.29 is 9.53 Å². The molecule has 0 saturated carbocycles. The molecular weight excluding hydrogens is 412 g/mol. The van der Waals surface area contributed by atoms with Crippen LogP contribution in [0, 0.1) is 6.92 Å². The second-order valence-corrected chi connectivity index (χ2v) is 8.96. The third-order valence-corrected chi connectivity index (χ3v) is 6.71. The molecule has 0 bridgehead atoms. The molecule has 0 aliphatic heterocycles. The number of thiazole rings is 1. The topological polar surface area (TPSA) is 42.4 Å². The van der Waals surface area contributed by atoms with Crippen LogP contribution in [0.25, 0.3) is 10.2 Å². The highest BCUT2D eigenvalue weighted by atomic mass is 32.2. The average Bonchev–Trinajstić information content (AvgIpc) is 3.19. The molecule has 0 fully saturated rings. The number of anilines is 1. The van der Waals surface area contributed by atoms with Crippen LogP contribution in [0.5, 0.6) is 5.75 Å². The maximum atomic E-state index is 13.2. The normalized spacial score (nSPS) is 10.9. The van der Waals surface area contributed by atoms with Gasteiger partial charge >= 0.3 is 0 Å². The van der Waals surface area contributed by atoms with Gasteiger partial charge in [-0.05, 0) is 54.4 Å². The highest BCUT2D eigenvalue weighted by molar-refractivity contribution is 8.00. The lowest BCUT2D eigenvalue weighted by Crippen LogP contribution is -2.31. The van der Waals surface area contributed by atoms with Gasteiger partial charge in [0.1, 0.15) is 5.75 Å². The summed E-state index contributed by atoms with van der Waals surface area (Å²) < 4.78 is 6.30. The van der Waals surface area contributed by atoms with Crippen molar-refractivity contribution in [2.24, 2.45) is 0 Å². The summed E-state index contributed by atoms with van der Waals surface area (Å²) in [5, 5.41) is 0.736. The van der Waals surface area contributed by atoms with Gasteiger partial charge in [0.2, 0.25) is 5.91 Å². The first kappa shape index (κ1) is 20.4. The largest absolute Gasteiger partial charge is 0.497 e. The maximum Gasteiger partial charge on any atom is 0.239 e. The Kier molecular flexibility index (Phi) is 6.35. The number of nitrogens with zero attached hydrogens (tertiary/aromatic N) is 2. The smallest absolute Gasteiger partial charge is 0.239 e. The van der Waals surface area contributed by atoms with Crippen molar-refractivity contribution in [2.75, 3.05) is 17.8 Å². The van der Waals surface area contributed by atoms with Gasteiger partial charge in [-0.25, -0.2) is 4.98 Å². The Morgan fingerprint density at radius 2 is 1.83 bits per heavy atom. The second-order valence-electron chi connectivity index (χ2n) is 6.90. The zero-order chi connectivity index (χ0) is 20.9. The number of thioether (sulfide) groups is 1. The van der Waals surface area contributed by atoms with Crippen LogP contribution in [0.1, 0.15) is 11.1 Å². The van der Waals surface area contributed by atoms with Gasteiger partial charge in [-0.15, -0.1) is 11.8 Å². The fourth-order valence-electron chi connectivity index (χ4n) is 3.06. The number of carbonyl (C=O) groups is 1. The molecule has 0 aliphatic carbocycles. The van der Waals surface area contributed by atoms with Crippen LogP contribution in [0.4, 0.5) is 5.13 Å². The summed E-state index contributed by atoms with van der Waals surface area (Å²) in [4.78, 5) is 20.8. The van der Waals surface area contributed by atoms with E-state index in [9.17, 15) is 4.79 Å². The lowest BCUT2D eigenvalue weighted by atomic mass is 10.2. The minimum Gasteiger partial charge on any atom is -0.497 e. The van der Waals surface area contributed by atoms with E-state index in [1.54, 1.807) is 23.3 Å². The summed E-state index contributed by atoms with van der Waals surface area (Å²) in [6.45, 7) is 2.57. The van der Waals surface area contributed by atoms with Gasteiger partial charge in [0, 0.05) is 4.90 Å². The highest BCUT2D eigenvalue weighted by Gasteiger charge is 2.20. The van der Waals surface area contributed by atoms with E-state index in [4.69, 9.17) is 9.72 Å². The first-order chi connectivity index (χ1) is 14.6. The van der Waals surface area contributed by atoms with E-state index in [0.717, 1.165) is 31.6 Å². The third-order valence-electron chi connectivity index (χ3n) is 4.67. The van der Waals surface area contributed by atoms with E-state index in [0.29, 0.717) is 12.3 Å². The first-order valence-corrected chi connectivity index (χ1v) is 11.4. The minimum absolute atomic E-state index is 0.0375. The molecule has 0 radical (unpaired) electrons. The molecule has 0 saturated heterocycles. The number of hydrogen-bond donors (Lipinski definition) is 0. The molecular formula is C24H22N2O2S2.